The molecule has 0 spiro atoms. The van der Waals surface area contributed by atoms with E-state index in [0.717, 1.165) is 11.3 Å². The largest absolute Gasteiger partial charge is 0.321 e. The molecule has 1 aliphatic heterocycles. The molecule has 12 heavy (non-hydrogen) atoms. The molecule has 0 radical (unpaired) electrons. The maximum absolute atomic E-state index is 10.8. The highest BCUT2D eigenvalue weighted by Gasteiger charge is 2.11. The number of carbonyl (C=O) groups excluding carboxylic acids is 1. The van der Waals surface area contributed by atoms with Crippen molar-refractivity contribution in [2.24, 2.45) is 10.7 Å². The Morgan fingerprint density at radius 1 is 1.83 bits per heavy atom. The van der Waals surface area contributed by atoms with Gasteiger partial charge in [-0.15, -0.1) is 0 Å². The fourth-order valence-electron chi connectivity index (χ4n) is 0.935. The molecule has 3 nitrogen and oxygen atoms in total. The molecule has 0 aliphatic carbocycles. The zero-order valence-electron chi connectivity index (χ0n) is 7.08. The maximum Gasteiger partial charge on any atom is 0.146 e. The number of rotatable bonds is 3. The Balaban J connectivity index is 2.53. The van der Waals surface area contributed by atoms with Crippen LogP contribution in [0.5, 0.6) is 0 Å². The number of hydrogen-bond acceptors (Lipinski definition) is 3. The Kier molecular flexibility index (Phi) is 2.55. The van der Waals surface area contributed by atoms with Gasteiger partial charge in [-0.1, -0.05) is 6.58 Å². The SMILES string of the molecule is C=C1C=NC(C[C@H](N)C(C)=O)=C1. The molecule has 0 amide bonds. The highest BCUT2D eigenvalue weighted by Crippen LogP contribution is 2.14. The molecule has 1 atom stereocenters. The summed E-state index contributed by atoms with van der Waals surface area (Å²) < 4.78 is 0. The van der Waals surface area contributed by atoms with Crippen LogP contribution in [-0.2, 0) is 4.79 Å². The van der Waals surface area contributed by atoms with E-state index in [1.54, 1.807) is 6.21 Å². The Morgan fingerprint density at radius 2 is 2.50 bits per heavy atom. The summed E-state index contributed by atoms with van der Waals surface area (Å²) in [5.41, 5.74) is 7.25. The molecule has 0 aromatic heterocycles. The summed E-state index contributed by atoms with van der Waals surface area (Å²) in [4.78, 5) is 14.8. The standard InChI is InChI=1S/C9H12N2O/c1-6-3-8(11-5-6)4-9(10)7(2)12/h3,5,9H,1,4,10H2,2H3/t9-/m0/s1. The van der Waals surface area contributed by atoms with Gasteiger partial charge in [0.2, 0.25) is 0 Å². The third-order valence-corrected chi connectivity index (χ3v) is 1.70. The van der Waals surface area contributed by atoms with Crippen molar-refractivity contribution < 1.29 is 4.79 Å². The van der Waals surface area contributed by atoms with Crippen molar-refractivity contribution in [3.8, 4) is 0 Å². The summed E-state index contributed by atoms with van der Waals surface area (Å²) in [5, 5.41) is 0. The minimum Gasteiger partial charge on any atom is -0.321 e. The van der Waals surface area contributed by atoms with Crippen molar-refractivity contribution in [1.82, 2.24) is 0 Å². The van der Waals surface area contributed by atoms with Gasteiger partial charge in [0.15, 0.2) is 0 Å². The van der Waals surface area contributed by atoms with Gasteiger partial charge in [0.25, 0.3) is 0 Å². The highest BCUT2D eigenvalue weighted by molar-refractivity contribution is 5.86. The minimum absolute atomic E-state index is 0.0105. The molecule has 0 unspecified atom stereocenters. The summed E-state index contributed by atoms with van der Waals surface area (Å²) in [6.07, 6.45) is 4.01. The lowest BCUT2D eigenvalue weighted by Gasteiger charge is -2.05. The third kappa shape index (κ3) is 2.13. The number of nitrogens with two attached hydrogens (primary N) is 1. The van der Waals surface area contributed by atoms with Crippen LogP contribution >= 0.6 is 0 Å². The van der Waals surface area contributed by atoms with Crippen LogP contribution in [0.4, 0.5) is 0 Å². The molecular weight excluding hydrogens is 152 g/mol. The molecule has 1 heterocycles. The van der Waals surface area contributed by atoms with Crippen LogP contribution in [0.1, 0.15) is 13.3 Å². The van der Waals surface area contributed by atoms with Crippen molar-refractivity contribution in [2.45, 2.75) is 19.4 Å². The molecule has 0 aromatic rings. The summed E-state index contributed by atoms with van der Waals surface area (Å²) in [7, 11) is 0. The van der Waals surface area contributed by atoms with E-state index in [-0.39, 0.29) is 5.78 Å². The van der Waals surface area contributed by atoms with Gasteiger partial charge in [-0.05, 0) is 18.6 Å². The Morgan fingerprint density at radius 3 is 2.92 bits per heavy atom. The zero-order chi connectivity index (χ0) is 9.14. The number of carbonyl (C=O) groups is 1. The molecule has 1 aliphatic rings. The first-order chi connectivity index (χ1) is 5.59. The van der Waals surface area contributed by atoms with Crippen LogP contribution in [0.3, 0.4) is 0 Å². The van der Waals surface area contributed by atoms with E-state index >= 15 is 0 Å². The molecule has 0 bridgehead atoms. The first-order valence-corrected chi connectivity index (χ1v) is 3.79. The average Bonchev–Trinajstić information content (AvgIpc) is 2.35. The fourth-order valence-corrected chi connectivity index (χ4v) is 0.935. The molecule has 0 aromatic carbocycles. The molecule has 64 valence electrons. The smallest absolute Gasteiger partial charge is 0.146 e. The van der Waals surface area contributed by atoms with Crippen molar-refractivity contribution >= 4 is 12.0 Å². The Labute approximate surface area is 71.7 Å². The molecule has 0 fully saturated rings. The number of allylic oxidation sites excluding steroid dienone is 2. The quantitative estimate of drug-likeness (QED) is 0.671. The summed E-state index contributed by atoms with van der Waals surface area (Å²) in [6, 6.07) is -0.431. The van der Waals surface area contributed by atoms with Crippen LogP contribution in [0.25, 0.3) is 0 Å². The monoisotopic (exact) mass is 164 g/mol. The number of nitrogens with zero attached hydrogens (tertiary/aromatic N) is 1. The molecule has 0 saturated heterocycles. The predicted octanol–water partition coefficient (Wildman–Crippen LogP) is 0.817. The van der Waals surface area contributed by atoms with Crippen LogP contribution in [0.2, 0.25) is 0 Å². The minimum atomic E-state index is -0.431. The van der Waals surface area contributed by atoms with E-state index in [9.17, 15) is 4.79 Å². The van der Waals surface area contributed by atoms with Crippen LogP contribution in [0.15, 0.2) is 28.9 Å². The highest BCUT2D eigenvalue weighted by atomic mass is 16.1. The lowest BCUT2D eigenvalue weighted by Crippen LogP contribution is -2.28. The zero-order valence-corrected chi connectivity index (χ0v) is 7.08. The normalized spacial score (nSPS) is 17.8. The lowest BCUT2D eigenvalue weighted by molar-refractivity contribution is -0.118. The molecule has 1 rings (SSSR count). The lowest BCUT2D eigenvalue weighted by atomic mass is 10.1. The Hall–Kier alpha value is -1.22. The van der Waals surface area contributed by atoms with Crippen LogP contribution in [0, 0.1) is 0 Å². The summed E-state index contributed by atoms with van der Waals surface area (Å²) >= 11 is 0. The number of ketones is 1. The van der Waals surface area contributed by atoms with Crippen molar-refractivity contribution in [2.75, 3.05) is 0 Å². The van der Waals surface area contributed by atoms with E-state index in [0.29, 0.717) is 6.42 Å². The second-order valence-corrected chi connectivity index (χ2v) is 2.89. The first-order valence-electron chi connectivity index (χ1n) is 3.79. The number of Topliss-reactive ketones (excluding diaryl/α,β-unsaturated/α-hetero) is 1. The van der Waals surface area contributed by atoms with Crippen molar-refractivity contribution in [3.05, 3.63) is 23.9 Å². The Bertz CT molecular complexity index is 276. The van der Waals surface area contributed by atoms with Gasteiger partial charge < -0.3 is 5.73 Å². The molecular formula is C9H12N2O. The van der Waals surface area contributed by atoms with E-state index in [2.05, 4.69) is 11.6 Å². The van der Waals surface area contributed by atoms with Crippen molar-refractivity contribution in [1.29, 1.82) is 0 Å². The van der Waals surface area contributed by atoms with Gasteiger partial charge in [0, 0.05) is 18.3 Å². The summed E-state index contributed by atoms with van der Waals surface area (Å²) in [6.45, 7) is 5.19. The molecule has 3 heteroatoms. The van der Waals surface area contributed by atoms with Gasteiger partial charge in [0.1, 0.15) is 5.78 Å². The van der Waals surface area contributed by atoms with Gasteiger partial charge >= 0.3 is 0 Å². The van der Waals surface area contributed by atoms with E-state index < -0.39 is 6.04 Å². The van der Waals surface area contributed by atoms with Crippen LogP contribution < -0.4 is 5.73 Å². The van der Waals surface area contributed by atoms with Gasteiger partial charge in [-0.3, -0.25) is 9.79 Å². The van der Waals surface area contributed by atoms with Gasteiger partial charge in [0.05, 0.1) is 6.04 Å². The predicted molar refractivity (Wildman–Crippen MR) is 49.0 cm³/mol. The number of aliphatic imine (C=N–C) groups is 1. The average molecular weight is 164 g/mol. The van der Waals surface area contributed by atoms with E-state index in [1.807, 2.05) is 6.08 Å². The van der Waals surface area contributed by atoms with E-state index in [1.165, 1.54) is 6.92 Å². The van der Waals surface area contributed by atoms with Crippen LogP contribution in [-0.4, -0.2) is 18.0 Å². The maximum atomic E-state index is 10.8. The van der Waals surface area contributed by atoms with Gasteiger partial charge in [-0.2, -0.15) is 0 Å². The van der Waals surface area contributed by atoms with E-state index in [4.69, 9.17) is 5.73 Å². The first kappa shape index (κ1) is 8.87. The van der Waals surface area contributed by atoms with Gasteiger partial charge in [-0.25, -0.2) is 0 Å². The van der Waals surface area contributed by atoms with Crippen molar-refractivity contribution in [3.63, 3.8) is 0 Å². The topological polar surface area (TPSA) is 55.4 Å². The third-order valence-electron chi connectivity index (χ3n) is 1.70. The second kappa shape index (κ2) is 3.45. The second-order valence-electron chi connectivity index (χ2n) is 2.89. The summed E-state index contributed by atoms with van der Waals surface area (Å²) in [5.74, 6) is -0.0105. The fraction of sp³-hybridized carbons (Fsp3) is 0.333. The number of hydrogen-bond donors (Lipinski definition) is 1. The molecule has 0 saturated carbocycles. The molecule has 2 N–H and O–H groups in total.